The van der Waals surface area contributed by atoms with E-state index in [1.165, 1.54) is 22.8 Å². The van der Waals surface area contributed by atoms with E-state index in [1.807, 2.05) is 75.4 Å². The molecule has 3 aromatic carbocycles. The van der Waals surface area contributed by atoms with E-state index in [0.717, 1.165) is 11.1 Å². The number of carbonyl (C=O) groups is 2. The van der Waals surface area contributed by atoms with Crippen LogP contribution in [0.15, 0.2) is 93.9 Å². The third-order valence-electron chi connectivity index (χ3n) is 7.05. The Kier molecular flexibility index (Phi) is 10.2. The molecule has 1 aliphatic rings. The molecule has 2 heterocycles. The molecule has 4 aromatic rings. The summed E-state index contributed by atoms with van der Waals surface area (Å²) in [6, 6.07) is 21.6. The highest BCUT2D eigenvalue weighted by Crippen LogP contribution is 2.36. The van der Waals surface area contributed by atoms with Gasteiger partial charge in [-0.3, -0.25) is 14.2 Å². The number of fused-ring (bicyclic) bond motifs is 1. The van der Waals surface area contributed by atoms with Crippen molar-refractivity contribution in [3.63, 3.8) is 0 Å². The van der Waals surface area contributed by atoms with E-state index in [4.69, 9.17) is 18.9 Å². The van der Waals surface area contributed by atoms with Gasteiger partial charge in [0.15, 0.2) is 16.3 Å². The molecule has 0 bridgehead atoms. The first kappa shape index (κ1) is 32.4. The molecule has 0 N–H and O–H groups in total. The van der Waals surface area contributed by atoms with Gasteiger partial charge in [-0.05, 0) is 66.8 Å². The van der Waals surface area contributed by atoms with E-state index in [2.05, 4.69) is 4.99 Å². The second-order valence-corrected chi connectivity index (χ2v) is 12.2. The van der Waals surface area contributed by atoms with Crippen LogP contribution >= 0.6 is 11.3 Å². The first-order valence-electron chi connectivity index (χ1n) is 15.1. The molecule has 238 valence electrons. The minimum Gasteiger partial charge on any atom is -0.490 e. The normalized spacial score (nSPS) is 14.5. The molecule has 1 atom stereocenters. The van der Waals surface area contributed by atoms with Crippen molar-refractivity contribution in [1.29, 1.82) is 0 Å². The first-order valence-corrected chi connectivity index (χ1v) is 15.9. The zero-order valence-electron chi connectivity index (χ0n) is 26.4. The van der Waals surface area contributed by atoms with E-state index in [9.17, 15) is 14.4 Å². The average molecular weight is 641 g/mol. The predicted octanol–water partition coefficient (Wildman–Crippen LogP) is 5.34. The van der Waals surface area contributed by atoms with Crippen LogP contribution in [0.25, 0.3) is 6.08 Å². The van der Waals surface area contributed by atoms with Gasteiger partial charge in [0.05, 0.1) is 35.1 Å². The zero-order valence-corrected chi connectivity index (χ0v) is 27.3. The van der Waals surface area contributed by atoms with E-state index in [-0.39, 0.29) is 29.4 Å². The fourth-order valence-electron chi connectivity index (χ4n) is 4.97. The van der Waals surface area contributed by atoms with Crippen LogP contribution < -0.4 is 29.1 Å². The number of rotatable bonds is 11. The van der Waals surface area contributed by atoms with Crippen LogP contribution in [0.3, 0.4) is 0 Å². The van der Waals surface area contributed by atoms with E-state index >= 15 is 0 Å². The van der Waals surface area contributed by atoms with Crippen LogP contribution in [0.4, 0.5) is 0 Å². The molecule has 1 aliphatic heterocycles. The van der Waals surface area contributed by atoms with Gasteiger partial charge in [-0.15, -0.1) is 0 Å². The van der Waals surface area contributed by atoms with Gasteiger partial charge in [0.1, 0.15) is 12.4 Å². The Labute approximate surface area is 271 Å². The lowest BCUT2D eigenvalue weighted by atomic mass is 9.95. The highest BCUT2D eigenvalue weighted by Gasteiger charge is 2.34. The van der Waals surface area contributed by atoms with E-state index in [0.29, 0.717) is 45.3 Å². The summed E-state index contributed by atoms with van der Waals surface area (Å²) in [5.41, 5.74) is 2.86. The monoisotopic (exact) mass is 640 g/mol. The van der Waals surface area contributed by atoms with E-state index in [1.54, 1.807) is 31.2 Å². The largest absolute Gasteiger partial charge is 0.490 e. The SMILES string of the molecule is CCOc1cc([C@H]2C(C(=O)OCC(C)C)=C(C)N=c3s/c(=C/c4ccc(OCc5ccccc5)cc4)c(=O)n32)ccc1OC(C)=O. The van der Waals surface area contributed by atoms with Crippen LogP contribution in [0.5, 0.6) is 17.2 Å². The quantitative estimate of drug-likeness (QED) is 0.161. The number of carbonyl (C=O) groups excluding carboxylic acids is 2. The van der Waals surface area contributed by atoms with Crippen LogP contribution in [0, 0.1) is 5.92 Å². The summed E-state index contributed by atoms with van der Waals surface area (Å²) in [4.78, 5) is 44.5. The maximum atomic E-state index is 14.1. The molecule has 0 saturated carbocycles. The molecule has 10 heteroatoms. The van der Waals surface area contributed by atoms with Crippen LogP contribution in [-0.2, 0) is 20.9 Å². The summed E-state index contributed by atoms with van der Waals surface area (Å²) in [7, 11) is 0. The first-order chi connectivity index (χ1) is 22.1. The fraction of sp³-hybridized carbons (Fsp3) is 0.278. The molecule has 0 radical (unpaired) electrons. The highest BCUT2D eigenvalue weighted by atomic mass is 32.1. The Morgan fingerprint density at radius 3 is 2.41 bits per heavy atom. The van der Waals surface area contributed by atoms with Crippen molar-refractivity contribution in [3.05, 3.63) is 120 Å². The van der Waals surface area contributed by atoms with Gasteiger partial charge < -0.3 is 18.9 Å². The molecule has 0 spiro atoms. The maximum absolute atomic E-state index is 14.1. The van der Waals surface area contributed by atoms with Gasteiger partial charge in [0.2, 0.25) is 0 Å². The van der Waals surface area contributed by atoms with Crippen molar-refractivity contribution in [3.8, 4) is 17.2 Å². The van der Waals surface area contributed by atoms with Gasteiger partial charge in [-0.1, -0.05) is 73.7 Å². The zero-order chi connectivity index (χ0) is 32.8. The maximum Gasteiger partial charge on any atom is 0.338 e. The van der Waals surface area contributed by atoms with Gasteiger partial charge >= 0.3 is 11.9 Å². The highest BCUT2D eigenvalue weighted by molar-refractivity contribution is 7.07. The van der Waals surface area contributed by atoms with Crippen LogP contribution in [0.2, 0.25) is 0 Å². The Hall–Kier alpha value is -4.96. The lowest BCUT2D eigenvalue weighted by Gasteiger charge is -2.25. The minimum absolute atomic E-state index is 0.118. The Balaban J connectivity index is 1.55. The standard InChI is InChI=1S/C36H36N2O7S/c1-6-42-30-19-27(14-17-29(30)45-24(5)39)33-32(35(41)44-20-22(2)3)23(4)37-36-38(33)34(40)31(46-36)18-25-12-15-28(16-13-25)43-21-26-10-8-7-9-11-26/h7-19,22,33H,6,20-21H2,1-5H3/b31-18+/t33-/m0/s1. The van der Waals surface area contributed by atoms with Gasteiger partial charge in [-0.2, -0.15) is 0 Å². The molecule has 0 amide bonds. The van der Waals surface area contributed by atoms with Gasteiger partial charge in [0.25, 0.3) is 5.56 Å². The van der Waals surface area contributed by atoms with Crippen LogP contribution in [-0.4, -0.2) is 29.7 Å². The molecule has 1 aromatic heterocycles. The van der Waals surface area contributed by atoms with Crippen molar-refractivity contribution < 1.29 is 28.5 Å². The topological polar surface area (TPSA) is 105 Å². The predicted molar refractivity (Wildman–Crippen MR) is 176 cm³/mol. The number of nitrogens with zero attached hydrogens (tertiary/aromatic N) is 2. The lowest BCUT2D eigenvalue weighted by Crippen LogP contribution is -2.40. The van der Waals surface area contributed by atoms with Crippen molar-refractivity contribution in [1.82, 2.24) is 4.57 Å². The van der Waals surface area contributed by atoms with Crippen LogP contribution in [0.1, 0.15) is 57.4 Å². The number of hydrogen-bond acceptors (Lipinski definition) is 9. The molecule has 0 fully saturated rings. The Bertz CT molecular complexity index is 1940. The second kappa shape index (κ2) is 14.4. The third-order valence-corrected chi connectivity index (χ3v) is 8.04. The average Bonchev–Trinajstić information content (AvgIpc) is 3.33. The molecule has 0 unspecified atom stereocenters. The van der Waals surface area contributed by atoms with Crippen molar-refractivity contribution >= 4 is 29.4 Å². The van der Waals surface area contributed by atoms with Gasteiger partial charge in [0, 0.05) is 6.92 Å². The number of aromatic nitrogens is 1. The summed E-state index contributed by atoms with van der Waals surface area (Å²) >= 11 is 1.24. The number of benzene rings is 3. The molecule has 46 heavy (non-hydrogen) atoms. The number of esters is 2. The Morgan fingerprint density at radius 1 is 1.00 bits per heavy atom. The number of ether oxygens (including phenoxy) is 4. The molecular weight excluding hydrogens is 604 g/mol. The summed E-state index contributed by atoms with van der Waals surface area (Å²) in [6.07, 6.45) is 1.80. The van der Waals surface area contributed by atoms with E-state index < -0.39 is 18.0 Å². The lowest BCUT2D eigenvalue weighted by molar-refractivity contribution is -0.140. The summed E-state index contributed by atoms with van der Waals surface area (Å²) in [5, 5.41) is 0. The molecule has 0 aliphatic carbocycles. The number of thiazole rings is 1. The third kappa shape index (κ3) is 7.46. The summed E-state index contributed by atoms with van der Waals surface area (Å²) < 4.78 is 24.7. The van der Waals surface area contributed by atoms with Gasteiger partial charge in [-0.25, -0.2) is 9.79 Å². The molecular formula is C36H36N2O7S. The minimum atomic E-state index is -0.850. The number of hydrogen-bond donors (Lipinski definition) is 0. The number of allylic oxidation sites excluding steroid dienone is 1. The molecule has 5 rings (SSSR count). The Morgan fingerprint density at radius 2 is 1.74 bits per heavy atom. The van der Waals surface area contributed by atoms with Crippen molar-refractivity contribution in [2.24, 2.45) is 10.9 Å². The van der Waals surface area contributed by atoms with Crippen molar-refractivity contribution in [2.75, 3.05) is 13.2 Å². The summed E-state index contributed by atoms with van der Waals surface area (Å²) in [5.74, 6) is 0.341. The second-order valence-electron chi connectivity index (χ2n) is 11.2. The molecule has 0 saturated heterocycles. The fourth-order valence-corrected chi connectivity index (χ4v) is 6.02. The van der Waals surface area contributed by atoms with Crippen molar-refractivity contribution in [2.45, 2.75) is 47.3 Å². The molecule has 9 nitrogen and oxygen atoms in total. The smallest absolute Gasteiger partial charge is 0.338 e. The summed E-state index contributed by atoms with van der Waals surface area (Å²) in [6.45, 7) is 9.74.